The van der Waals surface area contributed by atoms with Crippen molar-refractivity contribution in [1.82, 2.24) is 15.6 Å². The van der Waals surface area contributed by atoms with Gasteiger partial charge < -0.3 is 20.1 Å². The molecule has 0 aliphatic rings. The van der Waals surface area contributed by atoms with Gasteiger partial charge in [0.25, 0.3) is 0 Å². The van der Waals surface area contributed by atoms with Crippen LogP contribution in [0.4, 0.5) is 13.2 Å². The molecule has 0 atom stereocenters. The van der Waals surface area contributed by atoms with Crippen molar-refractivity contribution in [3.63, 3.8) is 0 Å². The fourth-order valence-corrected chi connectivity index (χ4v) is 2.22. The van der Waals surface area contributed by atoms with E-state index in [4.69, 9.17) is 4.74 Å². The molecule has 0 unspecified atom stereocenters. The van der Waals surface area contributed by atoms with E-state index in [9.17, 15) is 13.2 Å². The van der Waals surface area contributed by atoms with Crippen molar-refractivity contribution in [3.8, 4) is 5.75 Å². The van der Waals surface area contributed by atoms with Crippen LogP contribution in [0, 0.1) is 0 Å². The standard InChI is InChI=1S/C19H23F3N4O2/c1-23-18(25-9-10-28-17-3-2-8-24-12-17)26-11-15-4-6-16(7-5-15)13-27-14-19(20,21)22/h2-8,12H,9-11,13-14H2,1H3,(H2,23,25,26). The van der Waals surface area contributed by atoms with E-state index in [1.165, 1.54) is 0 Å². The van der Waals surface area contributed by atoms with E-state index in [0.29, 0.717) is 37.0 Å². The summed E-state index contributed by atoms with van der Waals surface area (Å²) < 4.78 is 46.4. The zero-order chi connectivity index (χ0) is 20.2. The Balaban J connectivity index is 1.66. The summed E-state index contributed by atoms with van der Waals surface area (Å²) in [5.41, 5.74) is 1.65. The Labute approximate surface area is 161 Å². The summed E-state index contributed by atoms with van der Waals surface area (Å²) in [7, 11) is 1.67. The molecule has 28 heavy (non-hydrogen) atoms. The third-order valence-corrected chi connectivity index (χ3v) is 3.54. The number of alkyl halides is 3. The van der Waals surface area contributed by atoms with Gasteiger partial charge in [0.15, 0.2) is 5.96 Å². The number of ether oxygens (including phenoxy) is 2. The number of guanidine groups is 1. The van der Waals surface area contributed by atoms with Gasteiger partial charge in [-0.1, -0.05) is 24.3 Å². The number of benzene rings is 1. The van der Waals surface area contributed by atoms with Crippen molar-refractivity contribution in [2.24, 2.45) is 4.99 Å². The molecule has 1 aromatic heterocycles. The quantitative estimate of drug-likeness (QED) is 0.388. The van der Waals surface area contributed by atoms with Gasteiger partial charge in [0, 0.05) is 19.8 Å². The maximum absolute atomic E-state index is 12.1. The van der Waals surface area contributed by atoms with Gasteiger partial charge in [0.05, 0.1) is 19.3 Å². The van der Waals surface area contributed by atoms with E-state index in [1.807, 2.05) is 18.2 Å². The number of aromatic nitrogens is 1. The molecule has 0 saturated heterocycles. The molecule has 0 aliphatic carbocycles. The molecule has 0 spiro atoms. The molecule has 0 bridgehead atoms. The zero-order valence-corrected chi connectivity index (χ0v) is 15.5. The molecule has 9 heteroatoms. The monoisotopic (exact) mass is 396 g/mol. The molecule has 0 fully saturated rings. The van der Waals surface area contributed by atoms with Crippen LogP contribution in [0.15, 0.2) is 53.8 Å². The van der Waals surface area contributed by atoms with Crippen molar-refractivity contribution in [1.29, 1.82) is 0 Å². The second kappa shape index (κ2) is 11.1. The molecule has 1 aromatic carbocycles. The zero-order valence-electron chi connectivity index (χ0n) is 15.5. The summed E-state index contributed by atoms with van der Waals surface area (Å²) in [4.78, 5) is 8.10. The number of halogens is 3. The molecule has 2 rings (SSSR count). The largest absolute Gasteiger partial charge is 0.490 e. The van der Waals surface area contributed by atoms with E-state index in [1.54, 1.807) is 37.6 Å². The van der Waals surface area contributed by atoms with Crippen LogP contribution in [-0.4, -0.2) is 43.9 Å². The maximum atomic E-state index is 12.1. The van der Waals surface area contributed by atoms with Gasteiger partial charge >= 0.3 is 6.18 Å². The van der Waals surface area contributed by atoms with Gasteiger partial charge in [-0.2, -0.15) is 13.2 Å². The summed E-state index contributed by atoms with van der Waals surface area (Å²) >= 11 is 0. The van der Waals surface area contributed by atoms with Crippen LogP contribution in [0.1, 0.15) is 11.1 Å². The number of aliphatic imine (C=N–C) groups is 1. The minimum atomic E-state index is -4.31. The lowest BCUT2D eigenvalue weighted by molar-refractivity contribution is -0.176. The summed E-state index contributed by atoms with van der Waals surface area (Å²) in [5.74, 6) is 1.32. The second-order valence-electron chi connectivity index (χ2n) is 5.81. The lowest BCUT2D eigenvalue weighted by Crippen LogP contribution is -2.38. The van der Waals surface area contributed by atoms with Gasteiger partial charge in [-0.05, 0) is 23.3 Å². The summed E-state index contributed by atoms with van der Waals surface area (Å²) in [6.45, 7) is 0.214. The lowest BCUT2D eigenvalue weighted by Gasteiger charge is -2.13. The molecular formula is C19H23F3N4O2. The number of nitrogens with zero attached hydrogens (tertiary/aromatic N) is 2. The van der Waals surface area contributed by atoms with Crippen molar-refractivity contribution in [2.75, 3.05) is 26.8 Å². The molecule has 2 N–H and O–H groups in total. The third kappa shape index (κ3) is 8.72. The molecular weight excluding hydrogens is 373 g/mol. The fraction of sp³-hybridized carbons (Fsp3) is 0.368. The van der Waals surface area contributed by atoms with E-state index in [-0.39, 0.29) is 6.61 Å². The minimum absolute atomic E-state index is 0.0760. The summed E-state index contributed by atoms with van der Waals surface area (Å²) in [6.07, 6.45) is -0.986. The van der Waals surface area contributed by atoms with Crippen molar-refractivity contribution < 1.29 is 22.6 Å². The minimum Gasteiger partial charge on any atom is -0.490 e. The van der Waals surface area contributed by atoms with E-state index >= 15 is 0 Å². The Morgan fingerprint density at radius 1 is 1.11 bits per heavy atom. The molecule has 0 saturated carbocycles. The van der Waals surface area contributed by atoms with Crippen LogP contribution in [0.25, 0.3) is 0 Å². The fourth-order valence-electron chi connectivity index (χ4n) is 2.22. The number of rotatable bonds is 9. The molecule has 0 aliphatic heterocycles. The first kappa shape index (κ1) is 21.5. The summed E-state index contributed by atoms with van der Waals surface area (Å²) in [6, 6.07) is 10.8. The van der Waals surface area contributed by atoms with Crippen LogP contribution < -0.4 is 15.4 Å². The third-order valence-electron chi connectivity index (χ3n) is 3.54. The Hall–Kier alpha value is -2.81. The Kier molecular flexibility index (Phi) is 8.54. The van der Waals surface area contributed by atoms with Gasteiger partial charge in [-0.3, -0.25) is 9.98 Å². The van der Waals surface area contributed by atoms with Crippen molar-refractivity contribution >= 4 is 5.96 Å². The first-order valence-electron chi connectivity index (χ1n) is 8.66. The number of hydrogen-bond donors (Lipinski definition) is 2. The molecule has 0 radical (unpaired) electrons. The van der Waals surface area contributed by atoms with Gasteiger partial charge in [-0.25, -0.2) is 0 Å². The van der Waals surface area contributed by atoms with Crippen molar-refractivity contribution in [3.05, 3.63) is 59.9 Å². The van der Waals surface area contributed by atoms with Crippen molar-refractivity contribution in [2.45, 2.75) is 19.3 Å². The molecule has 152 valence electrons. The highest BCUT2D eigenvalue weighted by atomic mass is 19.4. The highest BCUT2D eigenvalue weighted by molar-refractivity contribution is 5.79. The normalized spacial score (nSPS) is 11.9. The maximum Gasteiger partial charge on any atom is 0.411 e. The lowest BCUT2D eigenvalue weighted by atomic mass is 10.1. The van der Waals surface area contributed by atoms with Crippen LogP contribution >= 0.6 is 0 Å². The van der Waals surface area contributed by atoms with E-state index < -0.39 is 12.8 Å². The van der Waals surface area contributed by atoms with E-state index in [2.05, 4.69) is 25.3 Å². The smallest absolute Gasteiger partial charge is 0.411 e. The van der Waals surface area contributed by atoms with Crippen LogP contribution in [0.3, 0.4) is 0 Å². The average molecular weight is 396 g/mol. The molecule has 1 heterocycles. The SMILES string of the molecule is CN=C(NCCOc1cccnc1)NCc1ccc(COCC(F)(F)F)cc1. The highest BCUT2D eigenvalue weighted by Gasteiger charge is 2.27. The Morgan fingerprint density at radius 2 is 1.86 bits per heavy atom. The number of hydrogen-bond acceptors (Lipinski definition) is 4. The van der Waals surface area contributed by atoms with Crippen LogP contribution in [0.5, 0.6) is 5.75 Å². The molecule has 0 amide bonds. The van der Waals surface area contributed by atoms with Gasteiger partial charge in [-0.15, -0.1) is 0 Å². The van der Waals surface area contributed by atoms with Crippen LogP contribution in [-0.2, 0) is 17.9 Å². The summed E-state index contributed by atoms with van der Waals surface area (Å²) in [5, 5.41) is 6.29. The van der Waals surface area contributed by atoms with E-state index in [0.717, 1.165) is 5.56 Å². The molecule has 2 aromatic rings. The topological polar surface area (TPSA) is 67.8 Å². The van der Waals surface area contributed by atoms with Gasteiger partial charge in [0.2, 0.25) is 0 Å². The van der Waals surface area contributed by atoms with Gasteiger partial charge in [0.1, 0.15) is 19.0 Å². The number of pyridine rings is 1. The molecule has 6 nitrogen and oxygen atoms in total. The first-order chi connectivity index (χ1) is 13.5. The Bertz CT molecular complexity index is 722. The Morgan fingerprint density at radius 3 is 2.50 bits per heavy atom. The predicted molar refractivity (Wildman–Crippen MR) is 100 cm³/mol. The average Bonchev–Trinajstić information content (AvgIpc) is 2.68. The second-order valence-corrected chi connectivity index (χ2v) is 5.81. The highest BCUT2D eigenvalue weighted by Crippen LogP contribution is 2.15. The number of nitrogens with one attached hydrogen (secondary N) is 2. The van der Waals surface area contributed by atoms with Crippen LogP contribution in [0.2, 0.25) is 0 Å². The predicted octanol–water partition coefficient (Wildman–Crippen LogP) is 2.90. The first-order valence-corrected chi connectivity index (χ1v) is 8.66.